The first kappa shape index (κ1) is 7.81. The second-order valence-corrected chi connectivity index (χ2v) is 2.48. The topological polar surface area (TPSA) is 27.7 Å². The Bertz CT molecular complexity index is 352. The average Bonchev–Trinajstić information content (AvgIpc) is 2.62. The summed E-state index contributed by atoms with van der Waals surface area (Å²) in [6, 6.07) is 5.45. The van der Waals surface area contributed by atoms with Crippen LogP contribution in [0.3, 0.4) is 0 Å². The molecule has 0 atom stereocenters. The Balaban J connectivity index is 2.26. The van der Waals surface area contributed by atoms with E-state index < -0.39 is 0 Å². The van der Waals surface area contributed by atoms with Crippen LogP contribution in [0.2, 0.25) is 0 Å². The van der Waals surface area contributed by atoms with Crippen LogP contribution in [0.25, 0.3) is 0 Å². The third-order valence-electron chi connectivity index (χ3n) is 1.67. The van der Waals surface area contributed by atoms with Crippen LogP contribution in [0.1, 0.15) is 0 Å². The van der Waals surface area contributed by atoms with Gasteiger partial charge in [0.25, 0.3) is 0 Å². The number of fused-ring (bicyclic) bond motifs is 1. The molecule has 0 bridgehead atoms. The molecule has 0 aromatic heterocycles. The largest absolute Gasteiger partial charge is 0.477 e. The van der Waals surface area contributed by atoms with Crippen LogP contribution in [-0.2, 0) is 0 Å². The van der Waals surface area contributed by atoms with Crippen molar-refractivity contribution >= 4 is 0 Å². The van der Waals surface area contributed by atoms with E-state index in [1.807, 2.05) is 12.1 Å². The molecule has 0 fully saturated rings. The van der Waals surface area contributed by atoms with E-state index in [-0.39, 0.29) is 13.4 Å². The first-order valence-corrected chi connectivity index (χ1v) is 3.86. The second-order valence-electron chi connectivity index (χ2n) is 2.48. The van der Waals surface area contributed by atoms with Gasteiger partial charge in [-0.15, -0.1) is 6.42 Å². The summed E-state index contributed by atoms with van der Waals surface area (Å²) in [7, 11) is 0. The maximum absolute atomic E-state index is 5.26. The van der Waals surface area contributed by atoms with Crippen LogP contribution < -0.4 is 14.2 Å². The Morgan fingerprint density at radius 3 is 3.23 bits per heavy atom. The van der Waals surface area contributed by atoms with Crippen LogP contribution in [-0.4, -0.2) is 13.4 Å². The van der Waals surface area contributed by atoms with Crippen molar-refractivity contribution in [1.82, 2.24) is 0 Å². The lowest BCUT2D eigenvalue weighted by Crippen LogP contribution is -1.96. The summed E-state index contributed by atoms with van der Waals surface area (Å²) in [5.74, 6) is 4.36. The molecule has 0 saturated heterocycles. The van der Waals surface area contributed by atoms with E-state index in [1.165, 1.54) is 0 Å². The number of ether oxygens (including phenoxy) is 3. The quantitative estimate of drug-likeness (QED) is 0.638. The summed E-state index contributed by atoms with van der Waals surface area (Å²) in [5, 5.41) is 0. The van der Waals surface area contributed by atoms with E-state index in [2.05, 4.69) is 5.92 Å². The fourth-order valence-electron chi connectivity index (χ4n) is 1.14. The van der Waals surface area contributed by atoms with Crippen molar-refractivity contribution in [3.63, 3.8) is 0 Å². The molecule has 0 spiro atoms. The molecule has 0 aliphatic carbocycles. The minimum absolute atomic E-state index is 0.236. The standard InChI is InChI=1S/C10H8O3/c1-2-6-11-8-4-3-5-9-10(8)13-7-12-9/h1,3-5H,6-7H2. The number of benzene rings is 1. The third kappa shape index (κ3) is 1.38. The van der Waals surface area contributed by atoms with Gasteiger partial charge in [0, 0.05) is 0 Å². The number of rotatable bonds is 2. The summed E-state index contributed by atoms with van der Waals surface area (Å²) in [5.41, 5.74) is 0. The smallest absolute Gasteiger partial charge is 0.231 e. The summed E-state index contributed by atoms with van der Waals surface area (Å²) in [6.45, 7) is 0.478. The molecule has 0 unspecified atom stereocenters. The minimum Gasteiger partial charge on any atom is -0.477 e. The van der Waals surface area contributed by atoms with Crippen molar-refractivity contribution in [2.24, 2.45) is 0 Å². The molecule has 66 valence electrons. The van der Waals surface area contributed by atoms with E-state index >= 15 is 0 Å². The molecule has 13 heavy (non-hydrogen) atoms. The van der Waals surface area contributed by atoms with Gasteiger partial charge in [0.2, 0.25) is 12.5 Å². The van der Waals surface area contributed by atoms with Crippen molar-refractivity contribution < 1.29 is 14.2 Å². The number of para-hydroxylation sites is 1. The lowest BCUT2D eigenvalue weighted by molar-refractivity contribution is 0.170. The Morgan fingerprint density at radius 2 is 2.38 bits per heavy atom. The van der Waals surface area contributed by atoms with Gasteiger partial charge in [0.05, 0.1) is 0 Å². The number of terminal acetylenes is 1. The maximum atomic E-state index is 5.26. The Morgan fingerprint density at radius 1 is 1.46 bits per heavy atom. The second kappa shape index (κ2) is 3.28. The molecular weight excluding hydrogens is 168 g/mol. The van der Waals surface area contributed by atoms with Crippen LogP contribution >= 0.6 is 0 Å². The van der Waals surface area contributed by atoms with Gasteiger partial charge in [0.1, 0.15) is 6.61 Å². The predicted molar refractivity (Wildman–Crippen MR) is 46.9 cm³/mol. The van der Waals surface area contributed by atoms with Gasteiger partial charge in [0.15, 0.2) is 11.5 Å². The average molecular weight is 176 g/mol. The van der Waals surface area contributed by atoms with Crippen LogP contribution in [0.15, 0.2) is 18.2 Å². The van der Waals surface area contributed by atoms with Crippen LogP contribution in [0.4, 0.5) is 0 Å². The predicted octanol–water partition coefficient (Wildman–Crippen LogP) is 1.43. The number of hydrogen-bond acceptors (Lipinski definition) is 3. The highest BCUT2D eigenvalue weighted by Gasteiger charge is 2.17. The van der Waals surface area contributed by atoms with E-state index in [1.54, 1.807) is 6.07 Å². The summed E-state index contributed by atoms with van der Waals surface area (Å²) < 4.78 is 15.6. The fourth-order valence-corrected chi connectivity index (χ4v) is 1.14. The Kier molecular flexibility index (Phi) is 1.97. The van der Waals surface area contributed by atoms with Crippen LogP contribution in [0, 0.1) is 12.3 Å². The van der Waals surface area contributed by atoms with Gasteiger partial charge in [-0.1, -0.05) is 12.0 Å². The highest BCUT2D eigenvalue weighted by atomic mass is 16.7. The van der Waals surface area contributed by atoms with Crippen molar-refractivity contribution in [2.45, 2.75) is 0 Å². The molecule has 0 amide bonds. The van der Waals surface area contributed by atoms with Crippen molar-refractivity contribution in [3.8, 4) is 29.6 Å². The monoisotopic (exact) mass is 176 g/mol. The molecule has 3 heteroatoms. The first-order chi connectivity index (χ1) is 6.42. The molecule has 0 saturated carbocycles. The highest BCUT2D eigenvalue weighted by molar-refractivity contribution is 5.52. The lowest BCUT2D eigenvalue weighted by Gasteiger charge is -2.04. The first-order valence-electron chi connectivity index (χ1n) is 3.86. The van der Waals surface area contributed by atoms with Gasteiger partial charge in [-0.3, -0.25) is 0 Å². The molecule has 1 aromatic carbocycles. The Labute approximate surface area is 76.2 Å². The molecule has 1 aliphatic rings. The van der Waals surface area contributed by atoms with E-state index in [0.717, 1.165) is 0 Å². The zero-order chi connectivity index (χ0) is 9.10. The normalized spacial score (nSPS) is 12.2. The van der Waals surface area contributed by atoms with Gasteiger partial charge in [-0.05, 0) is 12.1 Å². The van der Waals surface area contributed by atoms with Gasteiger partial charge in [-0.2, -0.15) is 0 Å². The molecule has 3 nitrogen and oxygen atoms in total. The van der Waals surface area contributed by atoms with E-state index in [4.69, 9.17) is 20.6 Å². The lowest BCUT2D eigenvalue weighted by atomic mass is 10.3. The summed E-state index contributed by atoms with van der Waals surface area (Å²) in [6.07, 6.45) is 5.07. The van der Waals surface area contributed by atoms with Crippen molar-refractivity contribution in [1.29, 1.82) is 0 Å². The fraction of sp³-hybridized carbons (Fsp3) is 0.200. The number of hydrogen-bond donors (Lipinski definition) is 0. The molecule has 0 N–H and O–H groups in total. The van der Waals surface area contributed by atoms with E-state index in [9.17, 15) is 0 Å². The maximum Gasteiger partial charge on any atom is 0.231 e. The van der Waals surface area contributed by atoms with Gasteiger partial charge in [-0.25, -0.2) is 0 Å². The highest BCUT2D eigenvalue weighted by Crippen LogP contribution is 2.40. The zero-order valence-electron chi connectivity index (χ0n) is 6.95. The van der Waals surface area contributed by atoms with Crippen molar-refractivity contribution in [2.75, 3.05) is 13.4 Å². The molecular formula is C10H8O3. The Hall–Kier alpha value is -1.82. The zero-order valence-corrected chi connectivity index (χ0v) is 6.95. The molecule has 1 heterocycles. The molecule has 1 aromatic rings. The van der Waals surface area contributed by atoms with Gasteiger partial charge < -0.3 is 14.2 Å². The summed E-state index contributed by atoms with van der Waals surface area (Å²) >= 11 is 0. The van der Waals surface area contributed by atoms with E-state index in [0.29, 0.717) is 17.2 Å². The molecule has 2 rings (SSSR count). The SMILES string of the molecule is C#CCOc1cccc2c1OCO2. The van der Waals surface area contributed by atoms with Crippen LogP contribution in [0.5, 0.6) is 17.2 Å². The van der Waals surface area contributed by atoms with Crippen molar-refractivity contribution in [3.05, 3.63) is 18.2 Å². The summed E-state index contributed by atoms with van der Waals surface area (Å²) in [4.78, 5) is 0. The third-order valence-corrected chi connectivity index (χ3v) is 1.67. The minimum atomic E-state index is 0.236. The van der Waals surface area contributed by atoms with Gasteiger partial charge >= 0.3 is 0 Å². The molecule has 1 aliphatic heterocycles. The molecule has 0 radical (unpaired) electrons.